The van der Waals surface area contributed by atoms with Crippen LogP contribution < -0.4 is 5.32 Å². The molecule has 0 spiro atoms. The van der Waals surface area contributed by atoms with Crippen LogP contribution >= 0.6 is 0 Å². The second kappa shape index (κ2) is 8.75. The van der Waals surface area contributed by atoms with Gasteiger partial charge in [0.25, 0.3) is 0 Å². The van der Waals surface area contributed by atoms with E-state index in [0.717, 1.165) is 18.4 Å². The summed E-state index contributed by atoms with van der Waals surface area (Å²) in [5, 5.41) is 11.7. The summed E-state index contributed by atoms with van der Waals surface area (Å²) < 4.78 is 0. The van der Waals surface area contributed by atoms with Gasteiger partial charge in [0, 0.05) is 13.0 Å². The van der Waals surface area contributed by atoms with E-state index in [4.69, 9.17) is 5.11 Å². The number of unbranched alkanes of at least 4 members (excludes halogenated alkanes) is 1. The Bertz CT molecular complexity index is 398. The summed E-state index contributed by atoms with van der Waals surface area (Å²) in [6.45, 7) is 6.58. The molecule has 0 aliphatic carbocycles. The zero-order valence-corrected chi connectivity index (χ0v) is 12.9. The summed E-state index contributed by atoms with van der Waals surface area (Å²) in [7, 11) is 0. The van der Waals surface area contributed by atoms with E-state index in [2.05, 4.69) is 43.4 Å². The molecule has 1 amide bonds. The van der Waals surface area contributed by atoms with Crippen molar-refractivity contribution in [3.8, 4) is 0 Å². The van der Waals surface area contributed by atoms with Crippen molar-refractivity contribution in [1.29, 1.82) is 0 Å². The molecular weight excluding hydrogens is 250 g/mol. The molecule has 0 radical (unpaired) electrons. The predicted octanol–water partition coefficient (Wildman–Crippen LogP) is 3.22. The number of hydrogen-bond acceptors (Lipinski definition) is 2. The van der Waals surface area contributed by atoms with Gasteiger partial charge in [0.2, 0.25) is 5.91 Å². The molecule has 0 aliphatic rings. The number of carbonyl (C=O) groups excluding carboxylic acids is 1. The highest BCUT2D eigenvalue weighted by molar-refractivity contribution is 5.76. The van der Waals surface area contributed by atoms with Gasteiger partial charge < -0.3 is 10.4 Å². The molecule has 0 aromatic heterocycles. The predicted molar refractivity (Wildman–Crippen MR) is 82.5 cm³/mol. The van der Waals surface area contributed by atoms with Crippen LogP contribution in [0.2, 0.25) is 0 Å². The molecule has 112 valence electrons. The van der Waals surface area contributed by atoms with Crippen LogP contribution in [0.15, 0.2) is 24.3 Å². The maximum absolute atomic E-state index is 11.7. The van der Waals surface area contributed by atoms with Gasteiger partial charge in [0.15, 0.2) is 0 Å². The van der Waals surface area contributed by atoms with E-state index in [1.807, 2.05) is 6.92 Å². The topological polar surface area (TPSA) is 49.3 Å². The van der Waals surface area contributed by atoms with Crippen molar-refractivity contribution in [3.05, 3.63) is 35.4 Å². The van der Waals surface area contributed by atoms with E-state index >= 15 is 0 Å². The first kappa shape index (κ1) is 16.7. The lowest BCUT2D eigenvalue weighted by atomic mass is 10.00. The lowest BCUT2D eigenvalue weighted by Crippen LogP contribution is -2.26. The first-order chi connectivity index (χ1) is 9.52. The van der Waals surface area contributed by atoms with Gasteiger partial charge in [-0.05, 0) is 43.2 Å². The average Bonchev–Trinajstić information content (AvgIpc) is 2.39. The van der Waals surface area contributed by atoms with E-state index < -0.39 is 0 Å². The van der Waals surface area contributed by atoms with Crippen LogP contribution in [-0.4, -0.2) is 17.6 Å². The van der Waals surface area contributed by atoms with Crippen molar-refractivity contribution in [2.45, 2.75) is 52.5 Å². The fourth-order valence-electron chi connectivity index (χ4n) is 2.21. The van der Waals surface area contributed by atoms with Gasteiger partial charge in [-0.3, -0.25) is 4.79 Å². The molecule has 3 nitrogen and oxygen atoms in total. The molecule has 1 aromatic carbocycles. The van der Waals surface area contributed by atoms with E-state index in [9.17, 15) is 4.79 Å². The molecule has 1 atom stereocenters. The summed E-state index contributed by atoms with van der Waals surface area (Å²) in [4.78, 5) is 11.7. The Morgan fingerprint density at radius 3 is 2.35 bits per heavy atom. The maximum Gasteiger partial charge on any atom is 0.220 e. The van der Waals surface area contributed by atoms with Gasteiger partial charge in [0.05, 0.1) is 6.04 Å². The van der Waals surface area contributed by atoms with Crippen molar-refractivity contribution in [3.63, 3.8) is 0 Å². The Kier molecular flexibility index (Phi) is 7.31. The Hall–Kier alpha value is -1.35. The van der Waals surface area contributed by atoms with E-state index in [-0.39, 0.29) is 18.6 Å². The Morgan fingerprint density at radius 1 is 1.15 bits per heavy atom. The number of nitrogens with one attached hydrogen (secondary N) is 1. The van der Waals surface area contributed by atoms with Crippen molar-refractivity contribution < 1.29 is 9.90 Å². The normalized spacial score (nSPS) is 12.4. The first-order valence-electron chi connectivity index (χ1n) is 7.52. The molecule has 20 heavy (non-hydrogen) atoms. The third kappa shape index (κ3) is 6.20. The maximum atomic E-state index is 11.7. The second-order valence-electron chi connectivity index (χ2n) is 5.81. The molecule has 2 N–H and O–H groups in total. The number of carbonyl (C=O) groups is 1. The number of benzene rings is 1. The number of hydrogen-bond donors (Lipinski definition) is 2. The van der Waals surface area contributed by atoms with Gasteiger partial charge in [-0.1, -0.05) is 38.1 Å². The van der Waals surface area contributed by atoms with Crippen LogP contribution in [-0.2, 0) is 11.2 Å². The minimum Gasteiger partial charge on any atom is -0.396 e. The zero-order valence-electron chi connectivity index (χ0n) is 12.9. The SMILES string of the molecule is CC(C)Cc1ccc(C(C)NC(=O)CCCCO)cc1. The van der Waals surface area contributed by atoms with Crippen LogP contribution in [0.5, 0.6) is 0 Å². The van der Waals surface area contributed by atoms with Gasteiger partial charge in [-0.2, -0.15) is 0 Å². The Balaban J connectivity index is 2.46. The molecular formula is C17H27NO2. The highest BCUT2D eigenvalue weighted by atomic mass is 16.2. The molecule has 0 saturated heterocycles. The number of rotatable bonds is 8. The van der Waals surface area contributed by atoms with Crippen molar-refractivity contribution in [1.82, 2.24) is 5.32 Å². The molecule has 0 aliphatic heterocycles. The van der Waals surface area contributed by atoms with Gasteiger partial charge in [0.1, 0.15) is 0 Å². The van der Waals surface area contributed by atoms with E-state index in [1.165, 1.54) is 5.56 Å². The fourth-order valence-corrected chi connectivity index (χ4v) is 2.21. The number of amides is 1. The van der Waals surface area contributed by atoms with Crippen LogP contribution in [0.3, 0.4) is 0 Å². The fraction of sp³-hybridized carbons (Fsp3) is 0.588. The lowest BCUT2D eigenvalue weighted by molar-refractivity contribution is -0.121. The summed E-state index contributed by atoms with van der Waals surface area (Å²) in [6, 6.07) is 8.50. The highest BCUT2D eigenvalue weighted by Gasteiger charge is 2.09. The van der Waals surface area contributed by atoms with Crippen LogP contribution in [0.4, 0.5) is 0 Å². The number of aliphatic hydroxyl groups excluding tert-OH is 1. The highest BCUT2D eigenvalue weighted by Crippen LogP contribution is 2.15. The summed E-state index contributed by atoms with van der Waals surface area (Å²) >= 11 is 0. The molecule has 0 fully saturated rings. The average molecular weight is 277 g/mol. The molecule has 0 saturated carbocycles. The summed E-state index contributed by atoms with van der Waals surface area (Å²) in [6.07, 6.45) is 2.99. The molecule has 3 heteroatoms. The summed E-state index contributed by atoms with van der Waals surface area (Å²) in [5.41, 5.74) is 2.47. The standard InChI is InChI=1S/C17H27NO2/c1-13(2)12-15-7-9-16(10-8-15)14(3)18-17(20)6-4-5-11-19/h7-10,13-14,19H,4-6,11-12H2,1-3H3,(H,18,20). The third-order valence-corrected chi connectivity index (χ3v) is 3.31. The molecule has 0 heterocycles. The van der Waals surface area contributed by atoms with Crippen LogP contribution in [0, 0.1) is 5.92 Å². The number of aliphatic hydroxyl groups is 1. The van der Waals surface area contributed by atoms with Gasteiger partial charge >= 0.3 is 0 Å². The Morgan fingerprint density at radius 2 is 1.80 bits per heavy atom. The first-order valence-corrected chi connectivity index (χ1v) is 7.52. The van der Waals surface area contributed by atoms with E-state index in [0.29, 0.717) is 18.8 Å². The summed E-state index contributed by atoms with van der Waals surface area (Å²) in [5.74, 6) is 0.710. The third-order valence-electron chi connectivity index (χ3n) is 3.31. The monoisotopic (exact) mass is 277 g/mol. The molecule has 1 unspecified atom stereocenters. The second-order valence-corrected chi connectivity index (χ2v) is 5.81. The van der Waals surface area contributed by atoms with Crippen molar-refractivity contribution in [2.24, 2.45) is 5.92 Å². The van der Waals surface area contributed by atoms with Gasteiger partial charge in [-0.15, -0.1) is 0 Å². The van der Waals surface area contributed by atoms with E-state index in [1.54, 1.807) is 0 Å². The van der Waals surface area contributed by atoms with Crippen LogP contribution in [0.1, 0.15) is 57.2 Å². The Labute approximate surface area is 122 Å². The lowest BCUT2D eigenvalue weighted by Gasteiger charge is -2.15. The quantitative estimate of drug-likeness (QED) is 0.717. The largest absolute Gasteiger partial charge is 0.396 e. The molecule has 0 bridgehead atoms. The smallest absolute Gasteiger partial charge is 0.220 e. The molecule has 1 rings (SSSR count). The minimum atomic E-state index is 0.0322. The van der Waals surface area contributed by atoms with Crippen molar-refractivity contribution >= 4 is 5.91 Å². The molecule has 1 aromatic rings. The van der Waals surface area contributed by atoms with Crippen molar-refractivity contribution in [2.75, 3.05) is 6.61 Å². The zero-order chi connectivity index (χ0) is 15.0. The van der Waals surface area contributed by atoms with Gasteiger partial charge in [-0.25, -0.2) is 0 Å². The minimum absolute atomic E-state index is 0.0322. The van der Waals surface area contributed by atoms with Crippen LogP contribution in [0.25, 0.3) is 0 Å².